The lowest BCUT2D eigenvalue weighted by Gasteiger charge is -2.26. The van der Waals surface area contributed by atoms with Gasteiger partial charge in [0.05, 0.1) is 16.7 Å². The summed E-state index contributed by atoms with van der Waals surface area (Å²) < 4.78 is 3.84. The molecule has 30 heavy (non-hydrogen) atoms. The van der Waals surface area contributed by atoms with Gasteiger partial charge in [0.15, 0.2) is 0 Å². The van der Waals surface area contributed by atoms with E-state index in [0.717, 1.165) is 40.8 Å². The molecule has 0 radical (unpaired) electrons. The zero-order valence-electron chi connectivity index (χ0n) is 16.9. The van der Waals surface area contributed by atoms with Crippen LogP contribution in [-0.4, -0.2) is 43.6 Å². The number of likely N-dealkylation sites (tertiary alicyclic amines) is 1. The molecule has 4 heterocycles. The molecule has 7 heteroatoms. The smallest absolute Gasteiger partial charge is 0.303 e. The van der Waals surface area contributed by atoms with E-state index in [1.807, 2.05) is 12.5 Å². The molecule has 5 rings (SSSR count). The van der Waals surface area contributed by atoms with E-state index >= 15 is 0 Å². The maximum Gasteiger partial charge on any atom is 0.347 e. The number of aromatic nitrogens is 4. The van der Waals surface area contributed by atoms with Gasteiger partial charge in [-0.05, 0) is 68.0 Å². The van der Waals surface area contributed by atoms with Crippen LogP contribution in [0.25, 0.3) is 27.8 Å². The number of thiophene rings is 1. The van der Waals surface area contributed by atoms with Crippen LogP contribution in [0.2, 0.25) is 0 Å². The Labute approximate surface area is 179 Å². The predicted molar refractivity (Wildman–Crippen MR) is 121 cm³/mol. The summed E-state index contributed by atoms with van der Waals surface area (Å²) >= 11 is 1.67. The van der Waals surface area contributed by atoms with Gasteiger partial charge in [-0.25, -0.2) is 14.8 Å². The molecule has 4 aromatic rings. The number of nitrogens with zero attached hydrogens (tertiary/aromatic N) is 5. The molecule has 0 bridgehead atoms. The van der Waals surface area contributed by atoms with Crippen LogP contribution in [-0.2, 0) is 6.54 Å². The first-order chi connectivity index (χ1) is 14.8. The molecule has 0 N–H and O–H groups in total. The highest BCUT2D eigenvalue weighted by atomic mass is 32.1. The third-order valence-electron chi connectivity index (χ3n) is 5.84. The van der Waals surface area contributed by atoms with E-state index < -0.39 is 0 Å². The van der Waals surface area contributed by atoms with Crippen molar-refractivity contribution >= 4 is 22.4 Å². The molecule has 1 aromatic carbocycles. The maximum absolute atomic E-state index is 12.3. The molecule has 0 atom stereocenters. The molecule has 3 aromatic heterocycles. The highest BCUT2D eigenvalue weighted by Gasteiger charge is 2.11. The maximum atomic E-state index is 12.3. The number of hydrogen-bond donors (Lipinski definition) is 0. The summed E-state index contributed by atoms with van der Waals surface area (Å²) in [5, 5.41) is 4.18. The molecule has 154 valence electrons. The van der Waals surface area contributed by atoms with Crippen molar-refractivity contribution in [2.24, 2.45) is 0 Å². The van der Waals surface area contributed by atoms with Gasteiger partial charge in [-0.2, -0.15) is 11.3 Å². The number of rotatable bonds is 6. The Morgan fingerprint density at radius 1 is 1.00 bits per heavy atom. The largest absolute Gasteiger partial charge is 0.347 e. The van der Waals surface area contributed by atoms with Crippen LogP contribution in [0.3, 0.4) is 0 Å². The third kappa shape index (κ3) is 3.95. The molecule has 0 amide bonds. The highest BCUT2D eigenvalue weighted by Crippen LogP contribution is 2.25. The second-order valence-corrected chi connectivity index (χ2v) is 8.65. The Balaban J connectivity index is 1.35. The Hall–Kier alpha value is -2.77. The molecular formula is C23H25N5OS. The van der Waals surface area contributed by atoms with Crippen LogP contribution in [0.1, 0.15) is 25.7 Å². The molecule has 0 aliphatic carbocycles. The first-order valence-corrected chi connectivity index (χ1v) is 11.5. The predicted octanol–water partition coefficient (Wildman–Crippen LogP) is 4.19. The number of benzene rings is 1. The van der Waals surface area contributed by atoms with Gasteiger partial charge in [0.25, 0.3) is 0 Å². The summed E-state index contributed by atoms with van der Waals surface area (Å²) in [6, 6.07) is 8.31. The van der Waals surface area contributed by atoms with Crippen molar-refractivity contribution in [1.29, 1.82) is 0 Å². The van der Waals surface area contributed by atoms with Gasteiger partial charge in [0.2, 0.25) is 0 Å². The van der Waals surface area contributed by atoms with Crippen molar-refractivity contribution in [3.05, 3.63) is 64.2 Å². The lowest BCUT2D eigenvalue weighted by molar-refractivity contribution is 0.222. The van der Waals surface area contributed by atoms with Gasteiger partial charge < -0.3 is 4.90 Å². The van der Waals surface area contributed by atoms with Crippen LogP contribution in [0.4, 0.5) is 0 Å². The lowest BCUT2D eigenvalue weighted by atomic mass is 10.1. The summed E-state index contributed by atoms with van der Waals surface area (Å²) in [5.41, 5.74) is 4.91. The average molecular weight is 420 g/mol. The van der Waals surface area contributed by atoms with Gasteiger partial charge in [-0.1, -0.05) is 12.5 Å². The third-order valence-corrected chi connectivity index (χ3v) is 6.51. The molecule has 1 aliphatic rings. The molecule has 0 unspecified atom stereocenters. The monoisotopic (exact) mass is 419 g/mol. The SMILES string of the molecule is O=c1ncc(-c2ccc3c(c2)ncn3-c2ccsc2)cn1CCCN1CCCCC1. The van der Waals surface area contributed by atoms with E-state index in [1.54, 1.807) is 22.1 Å². The van der Waals surface area contributed by atoms with Crippen LogP contribution in [0.5, 0.6) is 0 Å². The first-order valence-electron chi connectivity index (χ1n) is 10.6. The summed E-state index contributed by atoms with van der Waals surface area (Å²) in [7, 11) is 0. The highest BCUT2D eigenvalue weighted by molar-refractivity contribution is 7.08. The standard InChI is InChI=1S/C23H25N5OS/c29-23-24-14-19(15-27(23)11-4-10-26-8-2-1-3-9-26)18-5-6-22-21(13-18)25-17-28(22)20-7-12-30-16-20/h5-7,12-17H,1-4,8-11H2. The van der Waals surface area contributed by atoms with Crippen LogP contribution >= 0.6 is 11.3 Å². The van der Waals surface area contributed by atoms with E-state index in [1.165, 1.54) is 32.4 Å². The molecular weight excluding hydrogens is 394 g/mol. The molecule has 1 saturated heterocycles. The van der Waals surface area contributed by atoms with Crippen molar-refractivity contribution in [1.82, 2.24) is 24.0 Å². The number of imidazole rings is 1. The van der Waals surface area contributed by atoms with E-state index in [4.69, 9.17) is 0 Å². The van der Waals surface area contributed by atoms with Gasteiger partial charge in [0, 0.05) is 29.9 Å². The number of piperidine rings is 1. The minimum atomic E-state index is -0.180. The quantitative estimate of drug-likeness (QED) is 0.470. The van der Waals surface area contributed by atoms with Gasteiger partial charge >= 0.3 is 5.69 Å². The molecule has 0 spiro atoms. The minimum absolute atomic E-state index is 0.180. The van der Waals surface area contributed by atoms with Crippen LogP contribution in [0, 0.1) is 0 Å². The zero-order chi connectivity index (χ0) is 20.3. The molecule has 0 saturated carbocycles. The average Bonchev–Trinajstić information content (AvgIpc) is 3.45. The van der Waals surface area contributed by atoms with Crippen molar-refractivity contribution < 1.29 is 0 Å². The van der Waals surface area contributed by atoms with Gasteiger partial charge in [-0.15, -0.1) is 0 Å². The van der Waals surface area contributed by atoms with Crippen molar-refractivity contribution in [2.45, 2.75) is 32.2 Å². The van der Waals surface area contributed by atoms with E-state index in [0.29, 0.717) is 6.54 Å². The van der Waals surface area contributed by atoms with E-state index in [9.17, 15) is 4.79 Å². The van der Waals surface area contributed by atoms with Crippen molar-refractivity contribution in [3.63, 3.8) is 0 Å². The fourth-order valence-electron chi connectivity index (χ4n) is 4.20. The topological polar surface area (TPSA) is 56.0 Å². The summed E-state index contributed by atoms with van der Waals surface area (Å²) in [4.78, 5) is 23.5. The van der Waals surface area contributed by atoms with Crippen LogP contribution < -0.4 is 5.69 Å². The minimum Gasteiger partial charge on any atom is -0.303 e. The lowest BCUT2D eigenvalue weighted by Crippen LogP contribution is -2.32. The Bertz CT molecular complexity index is 1190. The van der Waals surface area contributed by atoms with Gasteiger partial charge in [0.1, 0.15) is 6.33 Å². The molecule has 1 fully saturated rings. The number of fused-ring (bicyclic) bond motifs is 1. The number of hydrogen-bond acceptors (Lipinski definition) is 5. The summed E-state index contributed by atoms with van der Waals surface area (Å²) in [6.07, 6.45) is 10.4. The summed E-state index contributed by atoms with van der Waals surface area (Å²) in [5.74, 6) is 0. The fourth-order valence-corrected chi connectivity index (χ4v) is 4.83. The van der Waals surface area contributed by atoms with E-state index in [-0.39, 0.29) is 5.69 Å². The van der Waals surface area contributed by atoms with Crippen molar-refractivity contribution in [2.75, 3.05) is 19.6 Å². The zero-order valence-corrected chi connectivity index (χ0v) is 17.7. The van der Waals surface area contributed by atoms with E-state index in [2.05, 4.69) is 54.5 Å². The molecule has 1 aliphatic heterocycles. The Kier molecular flexibility index (Phi) is 5.46. The van der Waals surface area contributed by atoms with Crippen LogP contribution in [0.15, 0.2) is 58.5 Å². The fraction of sp³-hybridized carbons (Fsp3) is 0.348. The first kappa shape index (κ1) is 19.2. The molecule has 6 nitrogen and oxygen atoms in total. The second-order valence-electron chi connectivity index (χ2n) is 7.87. The number of aryl methyl sites for hydroxylation is 1. The second kappa shape index (κ2) is 8.53. The van der Waals surface area contributed by atoms with Crippen molar-refractivity contribution in [3.8, 4) is 16.8 Å². The Morgan fingerprint density at radius 2 is 1.90 bits per heavy atom. The summed E-state index contributed by atoms with van der Waals surface area (Å²) in [6.45, 7) is 4.12. The normalized spacial score (nSPS) is 15.1. The van der Waals surface area contributed by atoms with Gasteiger partial charge in [-0.3, -0.25) is 9.13 Å². The Morgan fingerprint density at radius 3 is 2.73 bits per heavy atom.